The number of nitrogens with zero attached hydrogens (tertiary/aromatic N) is 1. The second-order valence-corrected chi connectivity index (χ2v) is 7.74. The Morgan fingerprint density at radius 2 is 1.68 bits per heavy atom. The van der Waals surface area contributed by atoms with Gasteiger partial charge in [-0.1, -0.05) is 23.8 Å². The molecule has 1 aromatic carbocycles. The standard InChI is InChI=1S/C17H22N2O2S/c1-13-5-8-17(9-6-13)22(20,21)12-15(3)18-11-16-7-4-14(2)10-19-16/h4-10,15,18H,11-12H2,1-3H3/t15-/m1/s1. The summed E-state index contributed by atoms with van der Waals surface area (Å²) in [5, 5.41) is 3.21. The molecular formula is C17H22N2O2S. The van der Waals surface area contributed by atoms with Gasteiger partial charge < -0.3 is 5.32 Å². The van der Waals surface area contributed by atoms with Crippen LogP contribution in [0.2, 0.25) is 0 Å². The maximum Gasteiger partial charge on any atom is 0.179 e. The van der Waals surface area contributed by atoms with E-state index in [0.29, 0.717) is 11.4 Å². The van der Waals surface area contributed by atoms with Crippen molar-refractivity contribution in [3.8, 4) is 0 Å². The van der Waals surface area contributed by atoms with Crippen molar-refractivity contribution in [2.75, 3.05) is 5.75 Å². The van der Waals surface area contributed by atoms with Gasteiger partial charge in [-0.2, -0.15) is 0 Å². The predicted molar refractivity (Wildman–Crippen MR) is 88.5 cm³/mol. The molecule has 2 rings (SSSR count). The molecule has 0 bridgehead atoms. The summed E-state index contributed by atoms with van der Waals surface area (Å²) in [7, 11) is -3.27. The van der Waals surface area contributed by atoms with Crippen LogP contribution in [0.3, 0.4) is 0 Å². The van der Waals surface area contributed by atoms with Gasteiger partial charge in [0.1, 0.15) is 0 Å². The van der Waals surface area contributed by atoms with Crippen molar-refractivity contribution in [2.45, 2.75) is 38.3 Å². The van der Waals surface area contributed by atoms with E-state index in [1.54, 1.807) is 12.1 Å². The largest absolute Gasteiger partial charge is 0.308 e. The zero-order valence-corrected chi connectivity index (χ0v) is 14.0. The van der Waals surface area contributed by atoms with Crippen LogP contribution in [0.5, 0.6) is 0 Å². The third kappa shape index (κ3) is 4.64. The van der Waals surface area contributed by atoms with Gasteiger partial charge in [-0.05, 0) is 44.5 Å². The highest BCUT2D eigenvalue weighted by atomic mass is 32.2. The Balaban J connectivity index is 1.94. The van der Waals surface area contributed by atoms with Gasteiger partial charge in [-0.25, -0.2) is 8.42 Å². The monoisotopic (exact) mass is 318 g/mol. The fraction of sp³-hybridized carbons (Fsp3) is 0.353. The van der Waals surface area contributed by atoms with Gasteiger partial charge in [0.2, 0.25) is 0 Å². The van der Waals surface area contributed by atoms with Crippen LogP contribution < -0.4 is 5.32 Å². The van der Waals surface area contributed by atoms with Crippen LogP contribution in [0.25, 0.3) is 0 Å². The van der Waals surface area contributed by atoms with Crippen molar-refractivity contribution >= 4 is 9.84 Å². The van der Waals surface area contributed by atoms with Gasteiger partial charge in [0.25, 0.3) is 0 Å². The number of nitrogens with one attached hydrogen (secondary N) is 1. The summed E-state index contributed by atoms with van der Waals surface area (Å²) in [4.78, 5) is 4.68. The Kier molecular flexibility index (Phi) is 5.32. The summed E-state index contributed by atoms with van der Waals surface area (Å²) in [5.41, 5.74) is 3.07. The van der Waals surface area contributed by atoms with Gasteiger partial charge >= 0.3 is 0 Å². The lowest BCUT2D eigenvalue weighted by atomic mass is 10.2. The third-order valence-corrected chi connectivity index (χ3v) is 5.38. The summed E-state index contributed by atoms with van der Waals surface area (Å²) in [6.45, 7) is 6.36. The first-order valence-electron chi connectivity index (χ1n) is 7.31. The third-order valence-electron chi connectivity index (χ3n) is 3.45. The van der Waals surface area contributed by atoms with Crippen LogP contribution in [0.15, 0.2) is 47.5 Å². The molecule has 22 heavy (non-hydrogen) atoms. The highest BCUT2D eigenvalue weighted by molar-refractivity contribution is 7.91. The normalized spacial score (nSPS) is 13.0. The molecule has 0 saturated heterocycles. The Morgan fingerprint density at radius 3 is 2.27 bits per heavy atom. The van der Waals surface area contributed by atoms with Crippen molar-refractivity contribution in [1.82, 2.24) is 10.3 Å². The highest BCUT2D eigenvalue weighted by Gasteiger charge is 2.18. The van der Waals surface area contributed by atoms with E-state index >= 15 is 0 Å². The van der Waals surface area contributed by atoms with Crippen molar-refractivity contribution in [3.05, 3.63) is 59.4 Å². The molecule has 4 nitrogen and oxygen atoms in total. The van der Waals surface area contributed by atoms with Crippen molar-refractivity contribution in [2.24, 2.45) is 0 Å². The molecule has 5 heteroatoms. The maximum atomic E-state index is 12.4. The first-order chi connectivity index (χ1) is 10.4. The van der Waals surface area contributed by atoms with Gasteiger partial charge in [0.15, 0.2) is 9.84 Å². The zero-order chi connectivity index (χ0) is 16.2. The number of hydrogen-bond donors (Lipinski definition) is 1. The van der Waals surface area contributed by atoms with Crippen LogP contribution in [-0.2, 0) is 16.4 Å². The Morgan fingerprint density at radius 1 is 1.05 bits per heavy atom. The van der Waals surface area contributed by atoms with E-state index in [1.807, 2.05) is 51.2 Å². The molecule has 0 unspecified atom stereocenters. The molecule has 1 atom stereocenters. The van der Waals surface area contributed by atoms with Gasteiger partial charge in [0.05, 0.1) is 16.3 Å². The molecule has 0 fully saturated rings. The second kappa shape index (κ2) is 7.03. The first kappa shape index (κ1) is 16.6. The van der Waals surface area contributed by atoms with Gasteiger partial charge in [-0.15, -0.1) is 0 Å². The summed E-state index contributed by atoms with van der Waals surface area (Å²) in [6.07, 6.45) is 1.81. The van der Waals surface area contributed by atoms with E-state index in [4.69, 9.17) is 0 Å². The molecular weight excluding hydrogens is 296 g/mol. The lowest BCUT2D eigenvalue weighted by molar-refractivity contribution is 0.553. The van der Waals surface area contributed by atoms with E-state index in [9.17, 15) is 8.42 Å². The fourth-order valence-electron chi connectivity index (χ4n) is 2.11. The summed E-state index contributed by atoms with van der Waals surface area (Å²) < 4.78 is 24.7. The molecule has 0 saturated carbocycles. The average Bonchev–Trinajstić information content (AvgIpc) is 2.46. The molecule has 0 spiro atoms. The van der Waals surface area contributed by atoms with E-state index < -0.39 is 9.84 Å². The number of rotatable bonds is 6. The minimum absolute atomic E-state index is 0.0714. The summed E-state index contributed by atoms with van der Waals surface area (Å²) in [5.74, 6) is 0.0714. The lowest BCUT2D eigenvalue weighted by Gasteiger charge is -2.14. The molecule has 0 aliphatic rings. The highest BCUT2D eigenvalue weighted by Crippen LogP contribution is 2.13. The molecule has 0 radical (unpaired) electrons. The van der Waals surface area contributed by atoms with Crippen LogP contribution in [0, 0.1) is 13.8 Å². The number of hydrogen-bond acceptors (Lipinski definition) is 4. The van der Waals surface area contributed by atoms with Crippen LogP contribution in [0.1, 0.15) is 23.7 Å². The van der Waals surface area contributed by atoms with Gasteiger partial charge in [0, 0.05) is 18.8 Å². The second-order valence-electron chi connectivity index (χ2n) is 5.70. The van der Waals surface area contributed by atoms with Crippen molar-refractivity contribution < 1.29 is 8.42 Å². The fourth-order valence-corrected chi connectivity index (χ4v) is 3.63. The zero-order valence-electron chi connectivity index (χ0n) is 13.2. The SMILES string of the molecule is Cc1ccc(S(=O)(=O)C[C@@H](C)NCc2ccc(C)cn2)cc1. The smallest absolute Gasteiger partial charge is 0.179 e. The van der Waals surface area contributed by atoms with Crippen molar-refractivity contribution in [1.29, 1.82) is 0 Å². The summed E-state index contributed by atoms with van der Waals surface area (Å²) >= 11 is 0. The average molecular weight is 318 g/mol. The number of sulfone groups is 1. The number of benzene rings is 1. The molecule has 0 amide bonds. The van der Waals surface area contributed by atoms with Crippen LogP contribution in [-0.4, -0.2) is 25.2 Å². The van der Waals surface area contributed by atoms with E-state index in [-0.39, 0.29) is 11.8 Å². The minimum Gasteiger partial charge on any atom is -0.308 e. The molecule has 1 aromatic heterocycles. The topological polar surface area (TPSA) is 59.1 Å². The van der Waals surface area contributed by atoms with E-state index in [1.165, 1.54) is 0 Å². The first-order valence-corrected chi connectivity index (χ1v) is 8.96. The molecule has 2 aromatic rings. The Labute approximate surface area is 132 Å². The van der Waals surface area contributed by atoms with Crippen LogP contribution >= 0.6 is 0 Å². The Hall–Kier alpha value is -1.72. The minimum atomic E-state index is -3.27. The predicted octanol–water partition coefficient (Wildman–Crippen LogP) is 2.65. The van der Waals surface area contributed by atoms with Gasteiger partial charge in [-0.3, -0.25) is 4.98 Å². The number of aromatic nitrogens is 1. The molecule has 1 heterocycles. The number of aryl methyl sites for hydroxylation is 2. The molecule has 0 aliphatic heterocycles. The molecule has 0 aliphatic carbocycles. The van der Waals surface area contributed by atoms with Crippen LogP contribution in [0.4, 0.5) is 0 Å². The quantitative estimate of drug-likeness (QED) is 0.889. The van der Waals surface area contributed by atoms with E-state index in [0.717, 1.165) is 16.8 Å². The maximum absolute atomic E-state index is 12.4. The Bertz CT molecular complexity index is 707. The molecule has 1 N–H and O–H groups in total. The summed E-state index contributed by atoms with van der Waals surface area (Å²) in [6, 6.07) is 10.8. The van der Waals surface area contributed by atoms with E-state index in [2.05, 4.69) is 10.3 Å². The lowest BCUT2D eigenvalue weighted by Crippen LogP contribution is -2.32. The van der Waals surface area contributed by atoms with Crippen molar-refractivity contribution in [3.63, 3.8) is 0 Å². The molecule has 118 valence electrons. The number of pyridine rings is 1.